The van der Waals surface area contributed by atoms with Gasteiger partial charge in [-0.2, -0.15) is 0 Å². The van der Waals surface area contributed by atoms with E-state index in [0.717, 1.165) is 9.35 Å². The summed E-state index contributed by atoms with van der Waals surface area (Å²) in [6.45, 7) is 3.38. The number of thiophene rings is 1. The maximum atomic E-state index is 12.3. The summed E-state index contributed by atoms with van der Waals surface area (Å²) < 4.78 is 1.10. The fourth-order valence-electron chi connectivity index (χ4n) is 1.72. The van der Waals surface area contributed by atoms with E-state index in [0.29, 0.717) is 13.1 Å². The van der Waals surface area contributed by atoms with Crippen molar-refractivity contribution in [3.63, 3.8) is 0 Å². The maximum absolute atomic E-state index is 12.3. The first-order valence-electron chi connectivity index (χ1n) is 5.79. The van der Waals surface area contributed by atoms with Crippen molar-refractivity contribution < 1.29 is 4.79 Å². The van der Waals surface area contributed by atoms with Crippen LogP contribution < -0.4 is 0 Å². The summed E-state index contributed by atoms with van der Waals surface area (Å²) >= 11 is 5.11. The van der Waals surface area contributed by atoms with Gasteiger partial charge in [0.15, 0.2) is 0 Å². The van der Waals surface area contributed by atoms with Crippen molar-refractivity contribution in [2.24, 2.45) is 0 Å². The van der Waals surface area contributed by atoms with Crippen LogP contribution in [0.15, 0.2) is 46.3 Å². The molecule has 4 heteroatoms. The highest BCUT2D eigenvalue weighted by Crippen LogP contribution is 2.23. The number of halogens is 1. The Morgan fingerprint density at radius 2 is 1.94 bits per heavy atom. The van der Waals surface area contributed by atoms with Gasteiger partial charge in [-0.15, -0.1) is 11.3 Å². The van der Waals surface area contributed by atoms with Crippen molar-refractivity contribution in [2.45, 2.75) is 13.5 Å². The van der Waals surface area contributed by atoms with E-state index < -0.39 is 0 Å². The zero-order chi connectivity index (χ0) is 13.0. The van der Waals surface area contributed by atoms with Crippen LogP contribution in [0.4, 0.5) is 0 Å². The third-order valence-corrected chi connectivity index (χ3v) is 4.27. The number of carbonyl (C=O) groups excluding carboxylic acids is 1. The first-order valence-corrected chi connectivity index (χ1v) is 7.40. The molecule has 0 aliphatic carbocycles. The summed E-state index contributed by atoms with van der Waals surface area (Å²) in [5.74, 6) is 0.0858. The van der Waals surface area contributed by atoms with Gasteiger partial charge in [0, 0.05) is 17.0 Å². The summed E-state index contributed by atoms with van der Waals surface area (Å²) in [6, 6.07) is 13.5. The van der Waals surface area contributed by atoms with E-state index in [-0.39, 0.29) is 5.91 Å². The lowest BCUT2D eigenvalue weighted by Crippen LogP contribution is -2.29. The molecule has 2 rings (SSSR count). The third kappa shape index (κ3) is 3.21. The molecule has 0 aliphatic rings. The molecular formula is C14H14BrNOS. The quantitative estimate of drug-likeness (QED) is 0.826. The van der Waals surface area contributed by atoms with Gasteiger partial charge in [0.2, 0.25) is 0 Å². The number of hydrogen-bond donors (Lipinski definition) is 0. The Morgan fingerprint density at radius 1 is 1.22 bits per heavy atom. The van der Waals surface area contributed by atoms with Gasteiger partial charge in [-0.1, -0.05) is 18.2 Å². The fourth-order valence-corrected chi connectivity index (χ4v) is 3.21. The number of benzene rings is 1. The van der Waals surface area contributed by atoms with Crippen LogP contribution in [0, 0.1) is 0 Å². The monoisotopic (exact) mass is 323 g/mol. The van der Waals surface area contributed by atoms with Gasteiger partial charge in [-0.05, 0) is 47.1 Å². The summed E-state index contributed by atoms with van der Waals surface area (Å²) in [4.78, 5) is 15.3. The van der Waals surface area contributed by atoms with Gasteiger partial charge in [0.25, 0.3) is 5.91 Å². The summed E-state index contributed by atoms with van der Waals surface area (Å²) in [7, 11) is 0. The molecule has 0 N–H and O–H groups in total. The molecule has 0 fully saturated rings. The molecule has 0 radical (unpaired) electrons. The summed E-state index contributed by atoms with van der Waals surface area (Å²) in [6.07, 6.45) is 0. The maximum Gasteiger partial charge on any atom is 0.254 e. The van der Waals surface area contributed by atoms with E-state index in [4.69, 9.17) is 0 Å². The van der Waals surface area contributed by atoms with Crippen LogP contribution >= 0.6 is 27.3 Å². The topological polar surface area (TPSA) is 20.3 Å². The minimum atomic E-state index is 0.0858. The molecule has 2 aromatic rings. The minimum absolute atomic E-state index is 0.0858. The van der Waals surface area contributed by atoms with Crippen LogP contribution in [0.2, 0.25) is 0 Å². The molecule has 1 amide bonds. The second-order valence-electron chi connectivity index (χ2n) is 3.89. The molecule has 2 nitrogen and oxygen atoms in total. The van der Waals surface area contributed by atoms with Gasteiger partial charge in [0.05, 0.1) is 10.3 Å². The lowest BCUT2D eigenvalue weighted by atomic mass is 10.2. The van der Waals surface area contributed by atoms with E-state index in [9.17, 15) is 4.79 Å². The molecule has 18 heavy (non-hydrogen) atoms. The molecule has 0 bridgehead atoms. The van der Waals surface area contributed by atoms with E-state index in [2.05, 4.69) is 22.0 Å². The number of amides is 1. The van der Waals surface area contributed by atoms with E-state index >= 15 is 0 Å². The molecule has 0 saturated heterocycles. The van der Waals surface area contributed by atoms with Gasteiger partial charge in [0.1, 0.15) is 0 Å². The predicted molar refractivity (Wildman–Crippen MR) is 78.9 cm³/mol. The molecule has 1 aromatic heterocycles. The van der Waals surface area contributed by atoms with Crippen molar-refractivity contribution in [3.05, 3.63) is 56.7 Å². The molecule has 0 aliphatic heterocycles. The van der Waals surface area contributed by atoms with Crippen LogP contribution in [0.25, 0.3) is 0 Å². The Morgan fingerprint density at radius 3 is 2.50 bits per heavy atom. The van der Waals surface area contributed by atoms with Crippen molar-refractivity contribution in [3.8, 4) is 0 Å². The first kappa shape index (κ1) is 13.3. The van der Waals surface area contributed by atoms with E-state index in [1.807, 2.05) is 48.2 Å². The van der Waals surface area contributed by atoms with Gasteiger partial charge in [-0.3, -0.25) is 4.79 Å². The Labute approximate surface area is 119 Å². The fraction of sp³-hybridized carbons (Fsp3) is 0.214. The van der Waals surface area contributed by atoms with Gasteiger partial charge < -0.3 is 4.90 Å². The number of nitrogens with zero attached hydrogens (tertiary/aromatic N) is 1. The van der Waals surface area contributed by atoms with Gasteiger partial charge >= 0.3 is 0 Å². The largest absolute Gasteiger partial charge is 0.334 e. The van der Waals surface area contributed by atoms with E-state index in [1.165, 1.54) is 4.88 Å². The zero-order valence-corrected chi connectivity index (χ0v) is 12.5. The Bertz CT molecular complexity index is 524. The Hall–Kier alpha value is -1.13. The standard InChI is InChI=1S/C14H14BrNOS/c1-2-16(10-12-8-9-13(15)18-12)14(17)11-6-4-3-5-7-11/h3-9H,2,10H2,1H3. The third-order valence-electron chi connectivity index (χ3n) is 2.67. The van der Waals surface area contributed by atoms with E-state index in [1.54, 1.807) is 11.3 Å². The second-order valence-corrected chi connectivity index (χ2v) is 6.44. The van der Waals surface area contributed by atoms with Crippen molar-refractivity contribution >= 4 is 33.2 Å². The molecular weight excluding hydrogens is 310 g/mol. The highest BCUT2D eigenvalue weighted by atomic mass is 79.9. The average Bonchev–Trinajstić information content (AvgIpc) is 2.82. The van der Waals surface area contributed by atoms with Crippen LogP contribution in [-0.4, -0.2) is 17.4 Å². The smallest absolute Gasteiger partial charge is 0.254 e. The van der Waals surface area contributed by atoms with Crippen LogP contribution in [0.1, 0.15) is 22.2 Å². The molecule has 94 valence electrons. The average molecular weight is 324 g/mol. The molecule has 0 atom stereocenters. The van der Waals surface area contributed by atoms with Crippen molar-refractivity contribution in [1.82, 2.24) is 4.90 Å². The predicted octanol–water partition coefficient (Wildman–Crippen LogP) is 4.17. The number of rotatable bonds is 4. The molecule has 0 saturated carbocycles. The number of hydrogen-bond acceptors (Lipinski definition) is 2. The SMILES string of the molecule is CCN(Cc1ccc(Br)s1)C(=O)c1ccccc1. The first-order chi connectivity index (χ1) is 8.70. The van der Waals surface area contributed by atoms with Crippen LogP contribution in [0.5, 0.6) is 0 Å². The minimum Gasteiger partial charge on any atom is -0.334 e. The molecule has 1 heterocycles. The normalized spacial score (nSPS) is 10.3. The van der Waals surface area contributed by atoms with Gasteiger partial charge in [-0.25, -0.2) is 0 Å². The molecule has 0 spiro atoms. The van der Waals surface area contributed by atoms with Crippen LogP contribution in [-0.2, 0) is 6.54 Å². The number of carbonyl (C=O) groups is 1. The summed E-state index contributed by atoms with van der Waals surface area (Å²) in [5, 5.41) is 0. The van der Waals surface area contributed by atoms with Crippen molar-refractivity contribution in [1.29, 1.82) is 0 Å². The lowest BCUT2D eigenvalue weighted by molar-refractivity contribution is 0.0754. The Kier molecular flexibility index (Phi) is 4.55. The van der Waals surface area contributed by atoms with Crippen LogP contribution in [0.3, 0.4) is 0 Å². The highest BCUT2D eigenvalue weighted by Gasteiger charge is 2.14. The Balaban J connectivity index is 2.12. The van der Waals surface area contributed by atoms with Crippen molar-refractivity contribution in [2.75, 3.05) is 6.54 Å². The molecule has 0 unspecified atom stereocenters. The summed E-state index contributed by atoms with van der Waals surface area (Å²) in [5.41, 5.74) is 0.745. The highest BCUT2D eigenvalue weighted by molar-refractivity contribution is 9.11. The lowest BCUT2D eigenvalue weighted by Gasteiger charge is -2.20. The second kappa shape index (κ2) is 6.16. The zero-order valence-electron chi connectivity index (χ0n) is 10.1. The molecule has 1 aromatic carbocycles.